The highest BCUT2D eigenvalue weighted by Crippen LogP contribution is 2.39. The second-order valence-corrected chi connectivity index (χ2v) is 5.15. The second kappa shape index (κ2) is 5.19. The Labute approximate surface area is 112 Å². The van der Waals surface area contributed by atoms with Crippen molar-refractivity contribution in [2.75, 3.05) is 11.1 Å². The first-order valence-electron chi connectivity index (χ1n) is 4.93. The molecule has 3 N–H and O–H groups in total. The fourth-order valence-corrected chi connectivity index (χ4v) is 2.48. The van der Waals surface area contributed by atoms with Crippen molar-refractivity contribution in [1.29, 1.82) is 0 Å². The van der Waals surface area contributed by atoms with Crippen LogP contribution in [0, 0.1) is 13.8 Å². The zero-order valence-corrected chi connectivity index (χ0v) is 12.6. The zero-order valence-electron chi connectivity index (χ0n) is 9.45. The summed E-state index contributed by atoms with van der Waals surface area (Å²) >= 11 is 6.84. The number of hydrogen-bond acceptors (Lipinski definition) is 2. The van der Waals surface area contributed by atoms with Gasteiger partial charge in [-0.3, -0.25) is 4.79 Å². The Morgan fingerprint density at radius 1 is 1.25 bits per heavy atom. The van der Waals surface area contributed by atoms with Gasteiger partial charge in [-0.25, -0.2) is 0 Å². The molecule has 0 saturated heterocycles. The maximum absolute atomic E-state index is 11.4. The van der Waals surface area contributed by atoms with Crippen LogP contribution in [-0.2, 0) is 4.79 Å². The van der Waals surface area contributed by atoms with E-state index in [1.807, 2.05) is 20.8 Å². The molecule has 5 heteroatoms. The van der Waals surface area contributed by atoms with Gasteiger partial charge in [-0.1, -0.05) is 6.92 Å². The largest absolute Gasteiger partial charge is 0.397 e. The van der Waals surface area contributed by atoms with Crippen molar-refractivity contribution in [2.24, 2.45) is 0 Å². The van der Waals surface area contributed by atoms with Crippen molar-refractivity contribution < 1.29 is 4.79 Å². The maximum Gasteiger partial charge on any atom is 0.224 e. The van der Waals surface area contributed by atoms with E-state index < -0.39 is 0 Å². The monoisotopic (exact) mass is 348 g/mol. The summed E-state index contributed by atoms with van der Waals surface area (Å²) in [6, 6.07) is 0. The number of benzene rings is 1. The molecule has 88 valence electrons. The lowest BCUT2D eigenvalue weighted by molar-refractivity contribution is -0.115. The number of carbonyl (C=O) groups excluding carboxylic acids is 1. The van der Waals surface area contributed by atoms with Gasteiger partial charge < -0.3 is 11.1 Å². The molecule has 0 bridgehead atoms. The molecular formula is C11H14Br2N2O. The summed E-state index contributed by atoms with van der Waals surface area (Å²) in [5.41, 5.74) is 9.27. The van der Waals surface area contributed by atoms with Crippen LogP contribution in [0.1, 0.15) is 24.5 Å². The van der Waals surface area contributed by atoms with Crippen molar-refractivity contribution in [3.63, 3.8) is 0 Å². The van der Waals surface area contributed by atoms with Crippen LogP contribution in [0.4, 0.5) is 11.4 Å². The van der Waals surface area contributed by atoms with Crippen LogP contribution in [0.2, 0.25) is 0 Å². The highest BCUT2D eigenvalue weighted by atomic mass is 79.9. The van der Waals surface area contributed by atoms with Crippen LogP contribution in [0.25, 0.3) is 0 Å². The topological polar surface area (TPSA) is 55.1 Å². The van der Waals surface area contributed by atoms with E-state index in [1.165, 1.54) is 0 Å². The minimum Gasteiger partial charge on any atom is -0.397 e. The highest BCUT2D eigenvalue weighted by Gasteiger charge is 2.15. The predicted molar refractivity (Wildman–Crippen MR) is 74.6 cm³/mol. The lowest BCUT2D eigenvalue weighted by Gasteiger charge is -2.16. The van der Waals surface area contributed by atoms with Gasteiger partial charge in [0, 0.05) is 21.1 Å². The molecule has 0 aliphatic heterocycles. The van der Waals surface area contributed by atoms with Crippen LogP contribution < -0.4 is 11.1 Å². The Bertz CT molecular complexity index is 415. The summed E-state index contributed by atoms with van der Waals surface area (Å²) in [4.78, 5) is 11.4. The minimum absolute atomic E-state index is 0.00484. The van der Waals surface area contributed by atoms with Crippen LogP contribution >= 0.6 is 31.9 Å². The molecule has 16 heavy (non-hydrogen) atoms. The van der Waals surface area contributed by atoms with E-state index in [-0.39, 0.29) is 5.91 Å². The van der Waals surface area contributed by atoms with Crippen molar-refractivity contribution in [2.45, 2.75) is 27.2 Å². The lowest BCUT2D eigenvalue weighted by atomic mass is 10.1. The number of amides is 1. The fourth-order valence-electron chi connectivity index (χ4n) is 1.42. The normalized spacial score (nSPS) is 10.3. The lowest BCUT2D eigenvalue weighted by Crippen LogP contribution is -2.13. The predicted octanol–water partition coefficient (Wildman–Crippen LogP) is 3.76. The number of hydrogen-bond donors (Lipinski definition) is 2. The number of carbonyl (C=O) groups is 1. The molecule has 0 saturated carbocycles. The van der Waals surface area contributed by atoms with Gasteiger partial charge in [0.25, 0.3) is 0 Å². The molecular weight excluding hydrogens is 336 g/mol. The summed E-state index contributed by atoms with van der Waals surface area (Å²) in [7, 11) is 0. The van der Waals surface area contributed by atoms with Crippen LogP contribution in [-0.4, -0.2) is 5.91 Å². The Kier molecular flexibility index (Phi) is 4.38. The average Bonchev–Trinajstić information content (AvgIpc) is 2.29. The third-order valence-corrected chi connectivity index (χ3v) is 4.51. The molecule has 0 heterocycles. The average molecular weight is 350 g/mol. The molecule has 3 nitrogen and oxygen atoms in total. The quantitative estimate of drug-likeness (QED) is 0.798. The summed E-state index contributed by atoms with van der Waals surface area (Å²) in [5, 5.41) is 2.88. The Morgan fingerprint density at radius 3 is 2.06 bits per heavy atom. The van der Waals surface area contributed by atoms with Crippen molar-refractivity contribution in [3.05, 3.63) is 20.1 Å². The van der Waals surface area contributed by atoms with Gasteiger partial charge in [-0.05, 0) is 56.8 Å². The molecule has 0 atom stereocenters. The minimum atomic E-state index is -0.00484. The first-order valence-corrected chi connectivity index (χ1v) is 6.52. The molecule has 0 aliphatic rings. The molecule has 0 unspecified atom stereocenters. The number of nitrogens with two attached hydrogens (primary N) is 1. The first kappa shape index (κ1) is 13.5. The number of halogens is 2. The molecule has 1 rings (SSSR count). The smallest absolute Gasteiger partial charge is 0.224 e. The Balaban J connectivity index is 3.34. The van der Waals surface area contributed by atoms with E-state index >= 15 is 0 Å². The van der Waals surface area contributed by atoms with E-state index in [4.69, 9.17) is 5.73 Å². The Morgan fingerprint density at radius 2 is 1.69 bits per heavy atom. The standard InChI is InChI=1S/C11H14Br2N2O/c1-4-7(16)15-11-5(2)8(12)10(14)9(13)6(11)3/h4,14H2,1-3H3,(H,15,16). The molecule has 0 aliphatic carbocycles. The van der Waals surface area contributed by atoms with E-state index in [1.54, 1.807) is 0 Å². The van der Waals surface area contributed by atoms with E-state index in [2.05, 4.69) is 37.2 Å². The van der Waals surface area contributed by atoms with Gasteiger partial charge in [-0.15, -0.1) is 0 Å². The summed E-state index contributed by atoms with van der Waals surface area (Å²) in [6.45, 7) is 5.66. The number of nitrogen functional groups attached to an aromatic ring is 1. The summed E-state index contributed by atoms with van der Waals surface area (Å²) in [6.07, 6.45) is 0.457. The van der Waals surface area contributed by atoms with Gasteiger partial charge in [0.05, 0.1) is 5.69 Å². The van der Waals surface area contributed by atoms with E-state index in [9.17, 15) is 4.79 Å². The van der Waals surface area contributed by atoms with Crippen molar-refractivity contribution in [1.82, 2.24) is 0 Å². The number of rotatable bonds is 2. The van der Waals surface area contributed by atoms with Gasteiger partial charge in [0.1, 0.15) is 0 Å². The molecule has 0 fully saturated rings. The first-order chi connectivity index (χ1) is 7.40. The number of anilines is 2. The molecule has 1 aromatic carbocycles. The molecule has 1 aromatic rings. The fraction of sp³-hybridized carbons (Fsp3) is 0.364. The number of nitrogens with one attached hydrogen (secondary N) is 1. The SMILES string of the molecule is CCC(=O)Nc1c(C)c(Br)c(N)c(Br)c1C. The molecule has 1 amide bonds. The summed E-state index contributed by atoms with van der Waals surface area (Å²) < 4.78 is 1.63. The van der Waals surface area contributed by atoms with Crippen LogP contribution in [0.5, 0.6) is 0 Å². The maximum atomic E-state index is 11.4. The third kappa shape index (κ3) is 2.40. The highest BCUT2D eigenvalue weighted by molar-refractivity contribution is 9.11. The van der Waals surface area contributed by atoms with Gasteiger partial charge in [0.15, 0.2) is 0 Å². The summed E-state index contributed by atoms with van der Waals surface area (Å²) in [5.74, 6) is -0.00484. The second-order valence-electron chi connectivity index (χ2n) is 3.57. The van der Waals surface area contributed by atoms with Gasteiger partial charge in [0.2, 0.25) is 5.91 Å². The Hall–Kier alpha value is -0.550. The van der Waals surface area contributed by atoms with Crippen LogP contribution in [0.3, 0.4) is 0 Å². The molecule has 0 radical (unpaired) electrons. The van der Waals surface area contributed by atoms with Gasteiger partial charge >= 0.3 is 0 Å². The zero-order chi connectivity index (χ0) is 12.5. The van der Waals surface area contributed by atoms with Crippen molar-refractivity contribution in [3.8, 4) is 0 Å². The molecule has 0 spiro atoms. The van der Waals surface area contributed by atoms with Crippen molar-refractivity contribution >= 4 is 49.1 Å². The molecule has 0 aromatic heterocycles. The third-order valence-electron chi connectivity index (χ3n) is 2.47. The van der Waals surface area contributed by atoms with Gasteiger partial charge in [-0.2, -0.15) is 0 Å². The van der Waals surface area contributed by atoms with E-state index in [0.717, 1.165) is 25.8 Å². The van der Waals surface area contributed by atoms with E-state index in [0.29, 0.717) is 12.1 Å². The van der Waals surface area contributed by atoms with Crippen LogP contribution in [0.15, 0.2) is 8.95 Å².